The molecule has 5 heteroatoms. The Labute approximate surface area is 132 Å². The third kappa shape index (κ3) is 10.9. The van der Waals surface area contributed by atoms with Crippen molar-refractivity contribution in [2.75, 3.05) is 0 Å². The molecule has 118 valence electrons. The zero-order valence-electron chi connectivity index (χ0n) is 12.8. The molecule has 0 unspecified atom stereocenters. The zero-order valence-corrected chi connectivity index (χ0v) is 13.7. The summed E-state index contributed by atoms with van der Waals surface area (Å²) >= 11 is 0. The molecule has 0 rings (SSSR count). The van der Waals surface area contributed by atoms with Crippen LogP contribution < -0.4 is 5.32 Å². The van der Waals surface area contributed by atoms with Crippen molar-refractivity contribution in [3.8, 4) is 5.92 Å². The van der Waals surface area contributed by atoms with Gasteiger partial charge in [0, 0.05) is 6.42 Å². The smallest absolute Gasteiger partial charge is 0.694 e. The van der Waals surface area contributed by atoms with Gasteiger partial charge in [0.25, 0.3) is 0 Å². The van der Waals surface area contributed by atoms with E-state index in [9.17, 15) is 9.59 Å². The number of carbonyl (C=O) groups excluding carboxylic acids is 2. The molecule has 0 fully saturated rings. The second-order valence-electron chi connectivity index (χ2n) is 5.96. The van der Waals surface area contributed by atoms with Crippen molar-refractivity contribution in [3.05, 3.63) is 6.42 Å². The Hall–Kier alpha value is -0.981. The molecular weight excluding hydrogens is 306 g/mol. The van der Waals surface area contributed by atoms with Gasteiger partial charge in [-0.25, -0.2) is 4.79 Å². The minimum absolute atomic E-state index is 0. The summed E-state index contributed by atoms with van der Waals surface area (Å²) in [5.74, 6) is 1.76. The van der Waals surface area contributed by atoms with E-state index in [2.05, 4.69) is 11.2 Å². The molecule has 0 aliphatic rings. The van der Waals surface area contributed by atoms with Crippen LogP contribution in [0.2, 0.25) is 0 Å². The Balaban J connectivity index is 0. The number of nitrogens with one attached hydrogen (secondary N) is 1. The predicted molar refractivity (Wildman–Crippen MR) is 73.6 cm³/mol. The van der Waals surface area contributed by atoms with Gasteiger partial charge in [-0.3, -0.25) is 4.79 Å². The van der Waals surface area contributed by atoms with Crippen molar-refractivity contribution in [1.29, 1.82) is 0 Å². The maximum absolute atomic E-state index is 12.0. The first kappa shape index (κ1) is 21.3. The summed E-state index contributed by atoms with van der Waals surface area (Å²) in [4.78, 5) is 23.6. The maximum Gasteiger partial charge on any atom is 1.00 e. The second-order valence-corrected chi connectivity index (χ2v) is 5.96. The van der Waals surface area contributed by atoms with Crippen molar-refractivity contribution in [2.45, 2.75) is 65.5 Å². The van der Waals surface area contributed by atoms with Crippen LogP contribution in [0.1, 0.15) is 53.9 Å². The summed E-state index contributed by atoms with van der Waals surface area (Å²) in [5.41, 5.74) is -0.570. The van der Waals surface area contributed by atoms with Gasteiger partial charge < -0.3 is 22.4 Å². The van der Waals surface area contributed by atoms with Gasteiger partial charge in [-0.05, 0) is 39.5 Å². The molecule has 0 aliphatic heterocycles. The van der Waals surface area contributed by atoms with Crippen molar-refractivity contribution in [2.24, 2.45) is 5.92 Å². The largest absolute Gasteiger partial charge is 1.00 e. The number of hydrogen-bond acceptors (Lipinski definition) is 3. The molecule has 0 saturated heterocycles. The first-order valence-electron chi connectivity index (χ1n) is 6.57. The van der Waals surface area contributed by atoms with Crippen LogP contribution in [0.3, 0.4) is 0 Å². The number of esters is 1. The molecule has 20 heavy (non-hydrogen) atoms. The van der Waals surface area contributed by atoms with Crippen molar-refractivity contribution >= 4 is 11.9 Å². The molecular formula is C15H24CuNO3. The van der Waals surface area contributed by atoms with Crippen molar-refractivity contribution in [1.82, 2.24) is 5.32 Å². The number of carbonyl (C=O) groups is 2. The number of amides is 1. The van der Waals surface area contributed by atoms with Crippen LogP contribution in [-0.2, 0) is 31.4 Å². The van der Waals surface area contributed by atoms with Gasteiger partial charge in [-0.15, -0.1) is 0 Å². The molecule has 0 heterocycles. The standard InChI is InChI=1S/C15H24NO3.Cu/c1-7-8-9-13(17)16-12(10-11(2)3)14(18)19-15(4,5)6;/h11-12H,8-10H2,2-6H3,(H,16,17);/q-1;+1/t12-;/m0./s1. The van der Waals surface area contributed by atoms with Crippen LogP contribution in [0, 0.1) is 18.3 Å². The van der Waals surface area contributed by atoms with Crippen LogP contribution in [0.15, 0.2) is 0 Å². The SMILES string of the molecule is [C-]#CCCC(=O)N[C@@H](CC(C)C)C(=O)OC(C)(C)C.[Cu+]. The van der Waals surface area contributed by atoms with E-state index in [1.165, 1.54) is 0 Å². The molecule has 1 atom stereocenters. The quantitative estimate of drug-likeness (QED) is 0.352. The molecule has 0 aromatic rings. The molecule has 4 nitrogen and oxygen atoms in total. The van der Waals surface area contributed by atoms with Crippen LogP contribution in [-0.4, -0.2) is 23.5 Å². The van der Waals surface area contributed by atoms with Gasteiger partial charge in [0.2, 0.25) is 5.91 Å². The van der Waals surface area contributed by atoms with Crippen LogP contribution in [0.25, 0.3) is 0 Å². The van der Waals surface area contributed by atoms with E-state index < -0.39 is 17.6 Å². The summed E-state index contributed by atoms with van der Waals surface area (Å²) < 4.78 is 5.30. The van der Waals surface area contributed by atoms with Gasteiger partial charge in [-0.1, -0.05) is 13.8 Å². The Morgan fingerprint density at radius 2 is 1.85 bits per heavy atom. The van der Waals surface area contributed by atoms with E-state index in [4.69, 9.17) is 11.2 Å². The normalized spacial score (nSPS) is 12.1. The topological polar surface area (TPSA) is 55.4 Å². The van der Waals surface area contributed by atoms with Crippen LogP contribution in [0.5, 0.6) is 0 Å². The predicted octanol–water partition coefficient (Wildman–Crippen LogP) is 2.23. The molecule has 0 aliphatic carbocycles. The van der Waals surface area contributed by atoms with Crippen molar-refractivity contribution < 1.29 is 31.4 Å². The summed E-state index contributed by atoms with van der Waals surface area (Å²) in [7, 11) is 0. The van der Waals surface area contributed by atoms with Gasteiger partial charge in [0.05, 0.1) is 0 Å². The van der Waals surface area contributed by atoms with Gasteiger partial charge >= 0.3 is 23.0 Å². The molecule has 0 aromatic heterocycles. The van der Waals surface area contributed by atoms with Crippen LogP contribution in [0.4, 0.5) is 0 Å². The average molecular weight is 330 g/mol. The minimum Gasteiger partial charge on any atom is -0.694 e. The van der Waals surface area contributed by atoms with Crippen LogP contribution >= 0.6 is 0 Å². The second kappa shape index (κ2) is 9.85. The molecule has 0 aromatic carbocycles. The van der Waals surface area contributed by atoms with E-state index >= 15 is 0 Å². The van der Waals surface area contributed by atoms with Crippen molar-refractivity contribution in [3.63, 3.8) is 0 Å². The zero-order chi connectivity index (χ0) is 15.1. The van der Waals surface area contributed by atoms with E-state index in [1.807, 2.05) is 13.8 Å². The maximum atomic E-state index is 12.0. The Morgan fingerprint density at radius 1 is 1.30 bits per heavy atom. The fourth-order valence-corrected chi connectivity index (χ4v) is 1.50. The number of hydrogen-bond donors (Lipinski definition) is 1. The van der Waals surface area contributed by atoms with E-state index in [-0.39, 0.29) is 41.7 Å². The van der Waals surface area contributed by atoms with E-state index in [0.717, 1.165) is 0 Å². The van der Waals surface area contributed by atoms with Gasteiger partial charge in [0.1, 0.15) is 11.6 Å². The molecule has 0 spiro atoms. The van der Waals surface area contributed by atoms with E-state index in [1.54, 1.807) is 20.8 Å². The molecule has 0 saturated carbocycles. The Kier molecular flexibility index (Phi) is 10.5. The first-order chi connectivity index (χ1) is 8.65. The fraction of sp³-hybridized carbons (Fsp3) is 0.733. The number of ether oxygens (including phenoxy) is 1. The molecule has 0 radical (unpaired) electrons. The minimum atomic E-state index is -0.627. The fourth-order valence-electron chi connectivity index (χ4n) is 1.50. The molecule has 1 N–H and O–H groups in total. The van der Waals surface area contributed by atoms with E-state index in [0.29, 0.717) is 6.42 Å². The molecule has 1 amide bonds. The third-order valence-corrected chi connectivity index (χ3v) is 2.21. The first-order valence-corrected chi connectivity index (χ1v) is 6.57. The summed E-state index contributed by atoms with van der Waals surface area (Å²) in [6.45, 7) is 9.35. The summed E-state index contributed by atoms with van der Waals surface area (Å²) in [5, 5.41) is 2.67. The van der Waals surface area contributed by atoms with Gasteiger partial charge in [0.15, 0.2) is 0 Å². The summed E-state index contributed by atoms with van der Waals surface area (Å²) in [6, 6.07) is -0.627. The Morgan fingerprint density at radius 3 is 2.25 bits per heavy atom. The number of rotatable bonds is 6. The third-order valence-electron chi connectivity index (χ3n) is 2.21. The Bertz CT molecular complexity index is 353. The monoisotopic (exact) mass is 329 g/mol. The molecule has 0 bridgehead atoms. The average Bonchev–Trinajstić information content (AvgIpc) is 2.22. The van der Waals surface area contributed by atoms with Gasteiger partial charge in [-0.2, -0.15) is 0 Å². The summed E-state index contributed by atoms with van der Waals surface area (Å²) in [6.07, 6.45) is 7.74.